The molecule has 3 N–H and O–H groups in total. The van der Waals surface area contributed by atoms with Crippen LogP contribution < -0.4 is 31.5 Å². The van der Waals surface area contributed by atoms with Gasteiger partial charge >= 0.3 is 0 Å². The molecule has 1 aromatic heterocycles. The fourth-order valence-corrected chi connectivity index (χ4v) is 4.07. The number of carbonyl (C=O) groups is 2. The zero-order valence-electron chi connectivity index (χ0n) is 17.5. The zero-order valence-corrected chi connectivity index (χ0v) is 17.5. The lowest BCUT2D eigenvalue weighted by atomic mass is 10.1. The highest BCUT2D eigenvalue weighted by Gasteiger charge is 2.29. The maximum atomic E-state index is 12.2. The van der Waals surface area contributed by atoms with Crippen molar-refractivity contribution in [2.75, 3.05) is 60.9 Å². The summed E-state index contributed by atoms with van der Waals surface area (Å²) in [4.78, 5) is 61.3. The van der Waals surface area contributed by atoms with Crippen molar-refractivity contribution in [3.8, 4) is 0 Å². The average Bonchev–Trinajstić information content (AvgIpc) is 3.24. The van der Waals surface area contributed by atoms with Crippen LogP contribution in [0, 0.1) is 0 Å². The third-order valence-electron chi connectivity index (χ3n) is 5.84. The van der Waals surface area contributed by atoms with Crippen molar-refractivity contribution in [2.45, 2.75) is 19.3 Å². The van der Waals surface area contributed by atoms with Crippen molar-refractivity contribution in [1.82, 2.24) is 20.3 Å². The summed E-state index contributed by atoms with van der Waals surface area (Å²) in [6.07, 6.45) is 4.87. The number of nitrogens with zero attached hydrogens (tertiary/aromatic N) is 5. The summed E-state index contributed by atoms with van der Waals surface area (Å²) in [5.74, 6) is -0.0691. The van der Waals surface area contributed by atoms with Crippen LogP contribution in [0.2, 0.25) is 0 Å². The predicted molar refractivity (Wildman–Crippen MR) is 116 cm³/mol. The second-order valence-electron chi connectivity index (χ2n) is 7.83. The molecule has 0 spiro atoms. The first-order valence-electron chi connectivity index (χ1n) is 10.6. The monoisotopic (exact) mass is 443 g/mol. The van der Waals surface area contributed by atoms with Gasteiger partial charge in [0.25, 0.3) is 16.8 Å². The van der Waals surface area contributed by atoms with Gasteiger partial charge in [0.05, 0.1) is 5.56 Å². The van der Waals surface area contributed by atoms with Gasteiger partial charge in [0.15, 0.2) is 0 Å². The Bertz CT molecular complexity index is 1060. The standard InChI is InChI=1S/C20H25N7O5/c28-14-3-1-5-25(14)6-2-4-21-15-16(18(30)17(15)29)26-7-9-27(10-8-26)20-22-11-13(12-23-20)19(31)24-32/h11-12,21,32H,1-10H2,(H,24,31). The first-order valence-corrected chi connectivity index (χ1v) is 10.6. The van der Waals surface area contributed by atoms with E-state index in [1.807, 2.05) is 14.7 Å². The summed E-state index contributed by atoms with van der Waals surface area (Å²) in [5.41, 5.74) is 1.47. The molecule has 0 aliphatic carbocycles. The number of amides is 2. The third kappa shape index (κ3) is 4.26. The third-order valence-corrected chi connectivity index (χ3v) is 5.84. The fourth-order valence-electron chi connectivity index (χ4n) is 4.07. The Balaban J connectivity index is 1.30. The summed E-state index contributed by atoms with van der Waals surface area (Å²) in [5, 5.41) is 11.7. The van der Waals surface area contributed by atoms with Crippen LogP contribution >= 0.6 is 0 Å². The van der Waals surface area contributed by atoms with E-state index < -0.39 is 16.8 Å². The van der Waals surface area contributed by atoms with E-state index in [2.05, 4.69) is 15.3 Å². The molecule has 2 aliphatic heterocycles. The molecule has 2 saturated heterocycles. The molecular formula is C20H25N7O5. The molecule has 2 amide bonds. The van der Waals surface area contributed by atoms with Crippen molar-refractivity contribution in [1.29, 1.82) is 0 Å². The largest absolute Gasteiger partial charge is 0.380 e. The maximum absolute atomic E-state index is 12.2. The number of nitrogens with one attached hydrogen (secondary N) is 2. The Labute approximate surface area is 183 Å². The molecule has 1 aromatic carbocycles. The van der Waals surface area contributed by atoms with Crippen molar-refractivity contribution >= 4 is 29.1 Å². The lowest BCUT2D eigenvalue weighted by Crippen LogP contribution is -2.52. The topological polar surface area (TPSA) is 148 Å². The predicted octanol–water partition coefficient (Wildman–Crippen LogP) is -1.06. The van der Waals surface area contributed by atoms with E-state index in [1.54, 1.807) is 0 Å². The molecule has 0 bridgehead atoms. The van der Waals surface area contributed by atoms with Crippen LogP contribution in [0.4, 0.5) is 17.3 Å². The van der Waals surface area contributed by atoms with E-state index in [-0.39, 0.29) is 11.5 Å². The van der Waals surface area contributed by atoms with Gasteiger partial charge < -0.3 is 20.0 Å². The van der Waals surface area contributed by atoms with Crippen molar-refractivity contribution < 1.29 is 14.8 Å². The van der Waals surface area contributed by atoms with Gasteiger partial charge in [-0.05, 0) is 12.8 Å². The molecule has 0 unspecified atom stereocenters. The summed E-state index contributed by atoms with van der Waals surface area (Å²) < 4.78 is 0. The fraction of sp³-hybridized carbons (Fsp3) is 0.500. The summed E-state index contributed by atoms with van der Waals surface area (Å²) in [6.45, 7) is 4.07. The highest BCUT2D eigenvalue weighted by molar-refractivity contribution is 5.92. The summed E-state index contributed by atoms with van der Waals surface area (Å²) in [6, 6.07) is 0. The molecule has 3 heterocycles. The van der Waals surface area contributed by atoms with Gasteiger partial charge in [-0.15, -0.1) is 0 Å². The van der Waals surface area contributed by atoms with Crippen LogP contribution in [0.15, 0.2) is 22.0 Å². The van der Waals surface area contributed by atoms with Gasteiger partial charge in [0.2, 0.25) is 11.9 Å². The van der Waals surface area contributed by atoms with Crippen LogP contribution in [-0.2, 0) is 4.79 Å². The number of hydroxylamine groups is 1. The van der Waals surface area contributed by atoms with E-state index in [0.29, 0.717) is 69.4 Å². The summed E-state index contributed by atoms with van der Waals surface area (Å²) >= 11 is 0. The normalized spacial score (nSPS) is 16.7. The Morgan fingerprint density at radius 3 is 2.31 bits per heavy atom. The van der Waals surface area contributed by atoms with Crippen LogP contribution in [-0.4, -0.2) is 77.7 Å². The first-order chi connectivity index (χ1) is 15.5. The molecule has 170 valence electrons. The molecule has 32 heavy (non-hydrogen) atoms. The first kappa shape index (κ1) is 21.7. The minimum Gasteiger partial charge on any atom is -0.380 e. The Morgan fingerprint density at radius 1 is 1.00 bits per heavy atom. The van der Waals surface area contributed by atoms with Gasteiger partial charge in [-0.3, -0.25) is 24.4 Å². The molecule has 0 radical (unpaired) electrons. The number of hydrogen-bond donors (Lipinski definition) is 3. The Hall–Kier alpha value is -3.54. The van der Waals surface area contributed by atoms with Crippen LogP contribution in [0.3, 0.4) is 0 Å². The molecule has 2 aromatic rings. The highest BCUT2D eigenvalue weighted by Crippen LogP contribution is 2.23. The Kier molecular flexibility index (Phi) is 6.30. The van der Waals surface area contributed by atoms with Gasteiger partial charge in [0, 0.05) is 64.6 Å². The molecule has 0 atom stereocenters. The minimum atomic E-state index is -0.687. The number of anilines is 3. The van der Waals surface area contributed by atoms with Crippen molar-refractivity contribution in [3.63, 3.8) is 0 Å². The number of likely N-dealkylation sites (tertiary alicyclic amines) is 1. The van der Waals surface area contributed by atoms with E-state index in [1.165, 1.54) is 17.9 Å². The molecule has 12 nitrogen and oxygen atoms in total. The van der Waals surface area contributed by atoms with Gasteiger partial charge in [-0.2, -0.15) is 0 Å². The molecular weight excluding hydrogens is 418 g/mol. The molecule has 0 saturated carbocycles. The van der Waals surface area contributed by atoms with Crippen LogP contribution in [0.25, 0.3) is 0 Å². The lowest BCUT2D eigenvalue weighted by Gasteiger charge is -2.37. The smallest absolute Gasteiger partial charge is 0.277 e. The zero-order chi connectivity index (χ0) is 22.7. The minimum absolute atomic E-state index is 0.142. The van der Waals surface area contributed by atoms with E-state index in [9.17, 15) is 19.2 Å². The number of piperazine rings is 1. The van der Waals surface area contributed by atoms with Crippen molar-refractivity contribution in [2.24, 2.45) is 0 Å². The number of hydrogen-bond acceptors (Lipinski definition) is 10. The molecule has 2 aliphatic rings. The van der Waals surface area contributed by atoms with Gasteiger partial charge in [0.1, 0.15) is 11.4 Å². The van der Waals surface area contributed by atoms with E-state index in [4.69, 9.17) is 5.21 Å². The quantitative estimate of drug-likeness (QED) is 0.200. The van der Waals surface area contributed by atoms with E-state index >= 15 is 0 Å². The SMILES string of the molecule is O=C(NO)c1cnc(N2CCN(c3c(NCCCN4CCCC4=O)c(=O)c3=O)CC2)nc1. The number of aromatic nitrogens is 2. The lowest BCUT2D eigenvalue weighted by molar-refractivity contribution is -0.127. The van der Waals surface area contributed by atoms with E-state index in [0.717, 1.165) is 13.0 Å². The van der Waals surface area contributed by atoms with Crippen molar-refractivity contribution in [3.05, 3.63) is 38.4 Å². The Morgan fingerprint density at radius 2 is 1.69 bits per heavy atom. The van der Waals surface area contributed by atoms with Crippen LogP contribution in [0.1, 0.15) is 29.6 Å². The molecule has 4 rings (SSSR count). The highest BCUT2D eigenvalue weighted by atomic mass is 16.5. The maximum Gasteiger partial charge on any atom is 0.277 e. The summed E-state index contributed by atoms with van der Waals surface area (Å²) in [7, 11) is 0. The second kappa shape index (κ2) is 9.30. The van der Waals surface area contributed by atoms with Gasteiger partial charge in [-0.25, -0.2) is 15.4 Å². The number of rotatable bonds is 8. The molecule has 2 fully saturated rings. The average molecular weight is 443 g/mol. The van der Waals surface area contributed by atoms with Gasteiger partial charge in [-0.1, -0.05) is 0 Å². The second-order valence-corrected chi connectivity index (χ2v) is 7.83. The van der Waals surface area contributed by atoms with Crippen LogP contribution in [0.5, 0.6) is 0 Å². The molecule has 12 heteroatoms. The number of carbonyl (C=O) groups excluding carboxylic acids is 2.